The standard InChI is InChI=1S/C8H17N2/c1-10(2)8-5-3-7(9)4-6-8/h7-9H,3-6H2,1-2H3/t7-,8-. The lowest BCUT2D eigenvalue weighted by molar-refractivity contribution is 0.215. The zero-order valence-electron chi connectivity index (χ0n) is 6.93. The van der Waals surface area contributed by atoms with Gasteiger partial charge in [0, 0.05) is 12.1 Å². The summed E-state index contributed by atoms with van der Waals surface area (Å²) in [6.45, 7) is 0. The van der Waals surface area contributed by atoms with Crippen LogP contribution in [0.25, 0.3) is 0 Å². The van der Waals surface area contributed by atoms with E-state index in [1.807, 2.05) is 0 Å². The Morgan fingerprint density at radius 1 is 1.10 bits per heavy atom. The molecule has 0 aromatic heterocycles. The minimum Gasteiger partial charge on any atom is -0.306 e. The fraction of sp³-hybridized carbons (Fsp3) is 1.00. The number of nitrogens with zero attached hydrogens (tertiary/aromatic N) is 1. The molecule has 0 bridgehead atoms. The second-order valence-electron chi connectivity index (χ2n) is 3.47. The van der Waals surface area contributed by atoms with Crippen LogP contribution in [0.3, 0.4) is 0 Å². The number of hydrogen-bond donors (Lipinski definition) is 0. The van der Waals surface area contributed by atoms with Crippen molar-refractivity contribution in [2.45, 2.75) is 37.8 Å². The third kappa shape index (κ3) is 1.96. The van der Waals surface area contributed by atoms with Gasteiger partial charge in [0.1, 0.15) is 0 Å². The first-order chi connectivity index (χ1) is 4.70. The van der Waals surface area contributed by atoms with Crippen LogP contribution in [0.5, 0.6) is 0 Å². The molecule has 0 atom stereocenters. The summed E-state index contributed by atoms with van der Waals surface area (Å²) in [6.07, 6.45) is 4.65. The summed E-state index contributed by atoms with van der Waals surface area (Å²) in [5, 5.41) is 0. The smallest absolute Gasteiger partial charge is 0.0214 e. The van der Waals surface area contributed by atoms with Gasteiger partial charge in [-0.1, -0.05) is 0 Å². The van der Waals surface area contributed by atoms with Gasteiger partial charge in [0.25, 0.3) is 0 Å². The Bertz CT molecular complexity index is 93.4. The van der Waals surface area contributed by atoms with Crippen LogP contribution in [0.2, 0.25) is 0 Å². The Balaban J connectivity index is 2.26. The Kier molecular flexibility index (Phi) is 2.69. The molecule has 1 rings (SSSR count). The van der Waals surface area contributed by atoms with Gasteiger partial charge in [0.15, 0.2) is 0 Å². The summed E-state index contributed by atoms with van der Waals surface area (Å²) in [6, 6.07) is 0.984. The molecule has 10 heavy (non-hydrogen) atoms. The molecule has 1 aliphatic rings. The highest BCUT2D eigenvalue weighted by Crippen LogP contribution is 2.20. The molecule has 0 heterocycles. The van der Waals surface area contributed by atoms with Crippen molar-refractivity contribution in [2.24, 2.45) is 0 Å². The van der Waals surface area contributed by atoms with E-state index in [4.69, 9.17) is 5.73 Å². The van der Waals surface area contributed by atoms with Gasteiger partial charge in [-0.05, 0) is 39.8 Å². The lowest BCUT2D eigenvalue weighted by Gasteiger charge is -2.30. The monoisotopic (exact) mass is 141 g/mol. The Morgan fingerprint density at radius 3 is 2.00 bits per heavy atom. The van der Waals surface area contributed by atoms with Crippen molar-refractivity contribution in [3.8, 4) is 0 Å². The van der Waals surface area contributed by atoms with Gasteiger partial charge >= 0.3 is 0 Å². The van der Waals surface area contributed by atoms with E-state index in [0.717, 1.165) is 18.9 Å². The molecule has 0 spiro atoms. The molecule has 2 nitrogen and oxygen atoms in total. The zero-order chi connectivity index (χ0) is 7.56. The first-order valence-corrected chi connectivity index (χ1v) is 4.07. The van der Waals surface area contributed by atoms with Crippen molar-refractivity contribution >= 4 is 0 Å². The molecule has 59 valence electrons. The number of nitrogens with one attached hydrogen (secondary N) is 1. The molecule has 0 amide bonds. The van der Waals surface area contributed by atoms with Crippen molar-refractivity contribution < 1.29 is 0 Å². The topological polar surface area (TPSA) is 27.0 Å². The maximum absolute atomic E-state index is 7.48. The fourth-order valence-electron chi connectivity index (χ4n) is 1.59. The molecule has 0 saturated heterocycles. The Morgan fingerprint density at radius 2 is 1.60 bits per heavy atom. The van der Waals surface area contributed by atoms with E-state index < -0.39 is 0 Å². The number of hydrogen-bond acceptors (Lipinski definition) is 1. The summed E-state index contributed by atoms with van der Waals surface area (Å²) in [5.41, 5.74) is 7.48. The van der Waals surface area contributed by atoms with Crippen LogP contribution < -0.4 is 5.73 Å². The lowest BCUT2D eigenvalue weighted by Crippen LogP contribution is -2.33. The first kappa shape index (κ1) is 8.02. The lowest BCUT2D eigenvalue weighted by atomic mass is 9.91. The normalized spacial score (nSPS) is 34.8. The average Bonchev–Trinajstić information content (AvgIpc) is 1.88. The van der Waals surface area contributed by atoms with E-state index in [1.165, 1.54) is 12.8 Å². The van der Waals surface area contributed by atoms with E-state index in [0.29, 0.717) is 0 Å². The van der Waals surface area contributed by atoms with Crippen LogP contribution in [0, 0.1) is 0 Å². The molecule has 1 aliphatic carbocycles. The van der Waals surface area contributed by atoms with E-state index in [1.54, 1.807) is 0 Å². The molecule has 1 saturated carbocycles. The summed E-state index contributed by atoms with van der Waals surface area (Å²) >= 11 is 0. The minimum absolute atomic E-state index is 0.233. The van der Waals surface area contributed by atoms with Crippen LogP contribution in [0.15, 0.2) is 0 Å². The third-order valence-corrected chi connectivity index (χ3v) is 2.43. The molecule has 1 radical (unpaired) electrons. The van der Waals surface area contributed by atoms with E-state index in [2.05, 4.69) is 19.0 Å². The highest BCUT2D eigenvalue weighted by Gasteiger charge is 2.19. The molecule has 1 N–H and O–H groups in total. The summed E-state index contributed by atoms with van der Waals surface area (Å²) < 4.78 is 0. The quantitative estimate of drug-likeness (QED) is 0.538. The van der Waals surface area contributed by atoms with Crippen molar-refractivity contribution in [2.75, 3.05) is 14.1 Å². The largest absolute Gasteiger partial charge is 0.306 e. The predicted molar refractivity (Wildman–Crippen MR) is 42.8 cm³/mol. The van der Waals surface area contributed by atoms with Crippen molar-refractivity contribution in [3.63, 3.8) is 0 Å². The molecule has 0 aliphatic heterocycles. The molecule has 0 aromatic carbocycles. The molecular formula is C8H17N2. The molecule has 0 unspecified atom stereocenters. The highest BCUT2D eigenvalue weighted by molar-refractivity contribution is 4.77. The van der Waals surface area contributed by atoms with Gasteiger partial charge in [-0.2, -0.15) is 0 Å². The van der Waals surface area contributed by atoms with Crippen molar-refractivity contribution in [1.82, 2.24) is 10.6 Å². The fourth-order valence-corrected chi connectivity index (χ4v) is 1.59. The highest BCUT2D eigenvalue weighted by atomic mass is 15.1. The third-order valence-electron chi connectivity index (χ3n) is 2.43. The number of rotatable bonds is 1. The van der Waals surface area contributed by atoms with Gasteiger partial charge in [0.05, 0.1) is 0 Å². The Hall–Kier alpha value is -0.0800. The van der Waals surface area contributed by atoms with Gasteiger partial charge in [-0.3, -0.25) is 5.73 Å². The van der Waals surface area contributed by atoms with Gasteiger partial charge in [-0.15, -0.1) is 0 Å². The predicted octanol–water partition coefficient (Wildman–Crippen LogP) is 1.14. The van der Waals surface area contributed by atoms with Crippen LogP contribution in [-0.4, -0.2) is 31.1 Å². The van der Waals surface area contributed by atoms with Gasteiger partial charge in [0.2, 0.25) is 0 Å². The van der Waals surface area contributed by atoms with Crippen LogP contribution in [0.1, 0.15) is 25.7 Å². The van der Waals surface area contributed by atoms with E-state index >= 15 is 0 Å². The van der Waals surface area contributed by atoms with Gasteiger partial charge < -0.3 is 4.90 Å². The van der Waals surface area contributed by atoms with Crippen LogP contribution in [-0.2, 0) is 0 Å². The Labute approximate surface area is 63.4 Å². The molecular weight excluding hydrogens is 124 g/mol. The summed E-state index contributed by atoms with van der Waals surface area (Å²) in [4.78, 5) is 2.28. The molecule has 1 fully saturated rings. The van der Waals surface area contributed by atoms with Crippen LogP contribution >= 0.6 is 0 Å². The zero-order valence-corrected chi connectivity index (χ0v) is 6.93. The maximum Gasteiger partial charge on any atom is 0.0214 e. The summed E-state index contributed by atoms with van der Waals surface area (Å²) in [5.74, 6) is 0. The second-order valence-corrected chi connectivity index (χ2v) is 3.47. The molecule has 0 aromatic rings. The average molecular weight is 141 g/mol. The maximum atomic E-state index is 7.48. The van der Waals surface area contributed by atoms with E-state index in [-0.39, 0.29) is 6.04 Å². The molecule has 2 heteroatoms. The minimum atomic E-state index is 0.233. The SMILES string of the molecule is CN(C)[C@H]1CC[C@H]([NH])CC1. The van der Waals surface area contributed by atoms with E-state index in [9.17, 15) is 0 Å². The first-order valence-electron chi connectivity index (χ1n) is 4.07. The van der Waals surface area contributed by atoms with Crippen molar-refractivity contribution in [1.29, 1.82) is 0 Å². The van der Waals surface area contributed by atoms with Gasteiger partial charge in [-0.25, -0.2) is 0 Å². The van der Waals surface area contributed by atoms with Crippen molar-refractivity contribution in [3.05, 3.63) is 0 Å². The second kappa shape index (κ2) is 3.35. The summed E-state index contributed by atoms with van der Waals surface area (Å²) in [7, 11) is 4.27. The van der Waals surface area contributed by atoms with Crippen LogP contribution in [0.4, 0.5) is 0 Å².